The third-order valence-electron chi connectivity index (χ3n) is 3.07. The Morgan fingerprint density at radius 3 is 1.26 bits per heavy atom. The predicted octanol–water partition coefficient (Wildman–Crippen LogP) is 3.62. The number of alkyl halides is 12. The molecule has 0 aromatic carbocycles. The lowest BCUT2D eigenvalue weighted by Gasteiger charge is -2.37. The Kier molecular flexibility index (Phi) is 6.56. The Hall–Kier alpha value is -1.74. The standard InChI is InChI=1S/C11H8F12O4/c1-4(24)27-7(10(18,19)20,11(21,22)23)3-5(25)2-6(26,8(12,13)14)9(15,16)17/h26H,2-3H2,1H3. The van der Waals surface area contributed by atoms with Gasteiger partial charge < -0.3 is 9.84 Å². The molecule has 16 heteroatoms. The maximum absolute atomic E-state index is 12.8. The van der Waals surface area contributed by atoms with E-state index in [0.29, 0.717) is 0 Å². The van der Waals surface area contributed by atoms with E-state index in [1.54, 1.807) is 0 Å². The fourth-order valence-electron chi connectivity index (χ4n) is 1.75. The van der Waals surface area contributed by atoms with Gasteiger partial charge in [0.1, 0.15) is 5.78 Å². The van der Waals surface area contributed by atoms with Crippen LogP contribution in [-0.4, -0.2) is 52.8 Å². The van der Waals surface area contributed by atoms with Crippen LogP contribution in [0.15, 0.2) is 0 Å². The number of rotatable bonds is 5. The maximum Gasteiger partial charge on any atom is 0.438 e. The van der Waals surface area contributed by atoms with Crippen molar-refractivity contribution in [3.8, 4) is 0 Å². The van der Waals surface area contributed by atoms with Gasteiger partial charge in [-0.1, -0.05) is 0 Å². The highest BCUT2D eigenvalue weighted by molar-refractivity contribution is 5.81. The molecule has 0 aliphatic carbocycles. The third-order valence-corrected chi connectivity index (χ3v) is 3.07. The molecule has 0 heterocycles. The van der Waals surface area contributed by atoms with Crippen LogP contribution in [0.25, 0.3) is 0 Å². The molecule has 0 unspecified atom stereocenters. The van der Waals surface area contributed by atoms with E-state index in [1.807, 2.05) is 0 Å². The third kappa shape index (κ3) is 4.95. The number of carbonyl (C=O) groups excluding carboxylic acids is 2. The molecule has 27 heavy (non-hydrogen) atoms. The van der Waals surface area contributed by atoms with Gasteiger partial charge in [0.2, 0.25) is 0 Å². The number of ketones is 1. The Morgan fingerprint density at radius 2 is 1.04 bits per heavy atom. The Balaban J connectivity index is 6.16. The molecular weight excluding hydrogens is 424 g/mol. The van der Waals surface area contributed by atoms with Crippen LogP contribution < -0.4 is 0 Å². The quantitative estimate of drug-likeness (QED) is 0.533. The summed E-state index contributed by atoms with van der Waals surface area (Å²) in [6.45, 7) is 0.0263. The van der Waals surface area contributed by atoms with E-state index in [1.165, 1.54) is 0 Å². The molecule has 0 spiro atoms. The lowest BCUT2D eigenvalue weighted by Crippen LogP contribution is -2.62. The smallest absolute Gasteiger partial charge is 0.438 e. The van der Waals surface area contributed by atoms with E-state index in [2.05, 4.69) is 4.74 Å². The van der Waals surface area contributed by atoms with Crippen LogP contribution in [0.4, 0.5) is 52.7 Å². The number of halogens is 12. The van der Waals surface area contributed by atoms with Crippen LogP contribution in [0.3, 0.4) is 0 Å². The van der Waals surface area contributed by atoms with Crippen molar-refractivity contribution in [2.45, 2.75) is 55.7 Å². The second kappa shape index (κ2) is 7.01. The number of carbonyl (C=O) groups is 2. The fourth-order valence-corrected chi connectivity index (χ4v) is 1.75. The topological polar surface area (TPSA) is 63.6 Å². The van der Waals surface area contributed by atoms with Crippen LogP contribution >= 0.6 is 0 Å². The highest BCUT2D eigenvalue weighted by Crippen LogP contribution is 2.50. The first-order valence-electron chi connectivity index (χ1n) is 6.22. The van der Waals surface area contributed by atoms with Crippen LogP contribution in [0.1, 0.15) is 19.8 Å². The molecule has 0 fully saturated rings. The van der Waals surface area contributed by atoms with Crippen molar-refractivity contribution < 1.29 is 72.1 Å². The van der Waals surface area contributed by atoms with Crippen molar-refractivity contribution in [2.75, 3.05) is 0 Å². The van der Waals surface area contributed by atoms with Gasteiger partial charge in [-0.25, -0.2) is 0 Å². The first-order valence-corrected chi connectivity index (χ1v) is 6.22. The second-order valence-electron chi connectivity index (χ2n) is 5.16. The lowest BCUT2D eigenvalue weighted by atomic mass is 9.87. The number of ether oxygens (including phenoxy) is 1. The van der Waals surface area contributed by atoms with E-state index >= 15 is 0 Å². The first kappa shape index (κ1) is 25.3. The monoisotopic (exact) mass is 432 g/mol. The molecule has 160 valence electrons. The van der Waals surface area contributed by atoms with E-state index in [9.17, 15) is 62.3 Å². The van der Waals surface area contributed by atoms with Gasteiger partial charge in [-0.05, 0) is 0 Å². The van der Waals surface area contributed by atoms with Crippen molar-refractivity contribution in [1.82, 2.24) is 0 Å². The summed E-state index contributed by atoms with van der Waals surface area (Å²) < 4.78 is 155. The summed E-state index contributed by atoms with van der Waals surface area (Å²) in [5.41, 5.74) is -11.6. The number of Topliss-reactive ketones (excluding diaryl/α,β-unsaturated/α-hetero) is 1. The molecule has 0 radical (unpaired) electrons. The van der Waals surface area contributed by atoms with Gasteiger partial charge in [-0.3, -0.25) is 9.59 Å². The molecule has 0 amide bonds. The summed E-state index contributed by atoms with van der Waals surface area (Å²) in [7, 11) is 0. The average molecular weight is 432 g/mol. The molecule has 0 saturated heterocycles. The maximum atomic E-state index is 12.8. The molecule has 0 aliphatic rings. The highest BCUT2D eigenvalue weighted by Gasteiger charge is 2.76. The van der Waals surface area contributed by atoms with Gasteiger partial charge in [-0.15, -0.1) is 0 Å². The Morgan fingerprint density at radius 1 is 0.704 bits per heavy atom. The normalized spacial score (nSPS) is 14.9. The molecule has 0 aromatic heterocycles. The van der Waals surface area contributed by atoms with E-state index in [4.69, 9.17) is 5.11 Å². The van der Waals surface area contributed by atoms with Crippen LogP contribution in [0.2, 0.25) is 0 Å². The molecule has 0 bridgehead atoms. The lowest BCUT2D eigenvalue weighted by molar-refractivity contribution is -0.373. The van der Waals surface area contributed by atoms with Gasteiger partial charge in [0.15, 0.2) is 0 Å². The zero-order valence-corrected chi connectivity index (χ0v) is 12.6. The minimum absolute atomic E-state index is 0.0263. The Labute approximate surface area is 141 Å². The second-order valence-corrected chi connectivity index (χ2v) is 5.16. The summed E-state index contributed by atoms with van der Waals surface area (Å²) in [6.07, 6.45) is -33.0. The summed E-state index contributed by atoms with van der Waals surface area (Å²) in [5, 5.41) is 8.70. The molecule has 0 aromatic rings. The van der Waals surface area contributed by atoms with Crippen molar-refractivity contribution in [1.29, 1.82) is 0 Å². The molecular formula is C11H8F12O4. The molecule has 0 aliphatic heterocycles. The molecule has 0 rings (SSSR count). The summed E-state index contributed by atoms with van der Waals surface area (Å²) in [5.74, 6) is -5.25. The minimum Gasteiger partial charge on any atom is -0.439 e. The number of esters is 1. The number of hydrogen-bond donors (Lipinski definition) is 1. The first-order chi connectivity index (χ1) is 11.5. The zero-order valence-electron chi connectivity index (χ0n) is 12.6. The van der Waals surface area contributed by atoms with Gasteiger partial charge in [-0.2, -0.15) is 52.7 Å². The van der Waals surface area contributed by atoms with Crippen LogP contribution in [0.5, 0.6) is 0 Å². The number of aliphatic hydroxyl groups is 1. The summed E-state index contributed by atoms with van der Waals surface area (Å²) in [4.78, 5) is 21.9. The predicted molar refractivity (Wildman–Crippen MR) is 57.9 cm³/mol. The van der Waals surface area contributed by atoms with Gasteiger partial charge in [0.05, 0.1) is 12.8 Å². The summed E-state index contributed by atoms with van der Waals surface area (Å²) >= 11 is 0. The van der Waals surface area contributed by atoms with E-state index in [0.717, 1.165) is 0 Å². The van der Waals surface area contributed by atoms with Gasteiger partial charge >= 0.3 is 36.3 Å². The fraction of sp³-hybridized carbons (Fsp3) is 0.818. The van der Waals surface area contributed by atoms with Crippen molar-refractivity contribution >= 4 is 11.8 Å². The molecule has 0 atom stereocenters. The van der Waals surface area contributed by atoms with Crippen molar-refractivity contribution in [2.24, 2.45) is 0 Å². The van der Waals surface area contributed by atoms with Crippen LogP contribution in [0, 0.1) is 0 Å². The van der Waals surface area contributed by atoms with E-state index in [-0.39, 0.29) is 6.92 Å². The number of hydrogen-bond acceptors (Lipinski definition) is 4. The van der Waals surface area contributed by atoms with Crippen molar-refractivity contribution in [3.05, 3.63) is 0 Å². The largest absolute Gasteiger partial charge is 0.439 e. The zero-order chi connectivity index (χ0) is 22.3. The molecule has 0 saturated carbocycles. The SMILES string of the molecule is CC(=O)OC(CC(=O)CC(O)(C(F)(F)F)C(F)(F)F)(C(F)(F)F)C(F)(F)F. The van der Waals surface area contributed by atoms with Gasteiger partial charge in [0.25, 0.3) is 5.60 Å². The molecule has 1 N–H and O–H groups in total. The summed E-state index contributed by atoms with van der Waals surface area (Å²) in [6, 6.07) is 0. The average Bonchev–Trinajstić information content (AvgIpc) is 2.31. The minimum atomic E-state index is -6.67. The van der Waals surface area contributed by atoms with Gasteiger partial charge in [0, 0.05) is 6.92 Å². The van der Waals surface area contributed by atoms with Crippen molar-refractivity contribution in [3.63, 3.8) is 0 Å². The molecule has 4 nitrogen and oxygen atoms in total. The van der Waals surface area contributed by atoms with Crippen LogP contribution in [-0.2, 0) is 14.3 Å². The Bertz CT molecular complexity index is 540. The highest BCUT2D eigenvalue weighted by atomic mass is 19.4. The van der Waals surface area contributed by atoms with E-state index < -0.39 is 60.5 Å².